The number of aryl methyl sites for hydroxylation is 3. The number of thiophene rings is 1. The number of fused-ring (bicyclic) bond motifs is 3. The number of carbonyl (C=O) groups excluding carboxylic acids is 1. The van der Waals surface area contributed by atoms with Gasteiger partial charge >= 0.3 is 0 Å². The molecule has 0 saturated carbocycles. The van der Waals surface area contributed by atoms with Gasteiger partial charge in [0.15, 0.2) is 5.16 Å². The van der Waals surface area contributed by atoms with Crippen LogP contribution in [0.25, 0.3) is 15.9 Å². The Kier molecular flexibility index (Phi) is 6.61. The molecule has 174 valence electrons. The molecule has 7 heteroatoms. The van der Waals surface area contributed by atoms with Crippen molar-refractivity contribution in [2.75, 3.05) is 12.3 Å². The van der Waals surface area contributed by atoms with E-state index in [9.17, 15) is 9.59 Å². The van der Waals surface area contributed by atoms with Crippen LogP contribution in [0.1, 0.15) is 61.5 Å². The number of benzene rings is 1. The lowest BCUT2D eigenvalue weighted by molar-refractivity contribution is -0.132. The second-order valence-corrected chi connectivity index (χ2v) is 11.2. The number of aromatic nitrogens is 2. The van der Waals surface area contributed by atoms with Crippen molar-refractivity contribution in [1.29, 1.82) is 0 Å². The van der Waals surface area contributed by atoms with E-state index in [4.69, 9.17) is 4.98 Å². The summed E-state index contributed by atoms with van der Waals surface area (Å²) in [5.74, 6) is 0.466. The zero-order valence-electron chi connectivity index (χ0n) is 19.4. The summed E-state index contributed by atoms with van der Waals surface area (Å²) in [5.41, 5.74) is 3.09. The lowest BCUT2D eigenvalue weighted by Crippen LogP contribution is -2.44. The minimum absolute atomic E-state index is 0.00746. The van der Waals surface area contributed by atoms with Gasteiger partial charge in [0, 0.05) is 17.5 Å². The molecule has 1 aliphatic carbocycles. The molecular weight excluding hydrogens is 450 g/mol. The van der Waals surface area contributed by atoms with Crippen LogP contribution in [0.5, 0.6) is 0 Å². The van der Waals surface area contributed by atoms with E-state index in [1.54, 1.807) is 15.9 Å². The Morgan fingerprint density at radius 3 is 2.82 bits per heavy atom. The molecular formula is C26H31N3O2S2. The fourth-order valence-corrected chi connectivity index (χ4v) is 7.47. The minimum atomic E-state index is 0.00746. The predicted molar refractivity (Wildman–Crippen MR) is 137 cm³/mol. The second kappa shape index (κ2) is 9.63. The van der Waals surface area contributed by atoms with Crippen LogP contribution in [0.3, 0.4) is 0 Å². The number of thioether (sulfide) groups is 1. The molecule has 1 aromatic carbocycles. The van der Waals surface area contributed by atoms with Crippen LogP contribution in [0, 0.1) is 6.92 Å². The van der Waals surface area contributed by atoms with E-state index in [0.29, 0.717) is 17.0 Å². The highest BCUT2D eigenvalue weighted by atomic mass is 32.2. The maximum absolute atomic E-state index is 13.9. The van der Waals surface area contributed by atoms with Gasteiger partial charge in [0.2, 0.25) is 5.91 Å². The van der Waals surface area contributed by atoms with Crippen molar-refractivity contribution in [3.8, 4) is 5.69 Å². The van der Waals surface area contributed by atoms with Crippen molar-refractivity contribution in [3.05, 3.63) is 50.6 Å². The van der Waals surface area contributed by atoms with E-state index in [1.165, 1.54) is 35.0 Å². The van der Waals surface area contributed by atoms with E-state index >= 15 is 0 Å². The molecule has 1 fully saturated rings. The molecule has 0 unspecified atom stereocenters. The van der Waals surface area contributed by atoms with Crippen molar-refractivity contribution < 1.29 is 4.79 Å². The number of rotatable bonds is 5. The molecule has 1 aliphatic heterocycles. The van der Waals surface area contributed by atoms with Gasteiger partial charge in [-0.1, -0.05) is 36.9 Å². The average molecular weight is 482 g/mol. The van der Waals surface area contributed by atoms with Gasteiger partial charge in [-0.15, -0.1) is 11.3 Å². The lowest BCUT2D eigenvalue weighted by atomic mass is 9.97. The molecule has 33 heavy (non-hydrogen) atoms. The smallest absolute Gasteiger partial charge is 0.267 e. The molecule has 1 saturated heterocycles. The molecule has 0 radical (unpaired) electrons. The molecule has 5 nitrogen and oxygen atoms in total. The first kappa shape index (κ1) is 22.7. The quantitative estimate of drug-likeness (QED) is 0.356. The van der Waals surface area contributed by atoms with Crippen LogP contribution in [-0.4, -0.2) is 38.7 Å². The normalized spacial score (nSPS) is 18.5. The monoisotopic (exact) mass is 481 g/mol. The summed E-state index contributed by atoms with van der Waals surface area (Å²) in [6, 6.07) is 8.28. The van der Waals surface area contributed by atoms with Gasteiger partial charge in [0.25, 0.3) is 5.56 Å². The van der Waals surface area contributed by atoms with Gasteiger partial charge in [-0.05, 0) is 75.5 Å². The van der Waals surface area contributed by atoms with E-state index in [1.807, 2.05) is 31.2 Å². The van der Waals surface area contributed by atoms with Crippen molar-refractivity contribution in [1.82, 2.24) is 14.5 Å². The molecule has 1 amide bonds. The summed E-state index contributed by atoms with van der Waals surface area (Å²) in [6.45, 7) is 5.02. The van der Waals surface area contributed by atoms with Crippen LogP contribution in [0.4, 0.5) is 0 Å². The first-order valence-electron chi connectivity index (χ1n) is 12.1. The van der Waals surface area contributed by atoms with Gasteiger partial charge in [-0.3, -0.25) is 14.2 Å². The Hall–Kier alpha value is -2.12. The molecule has 3 heterocycles. The van der Waals surface area contributed by atoms with Gasteiger partial charge in [-0.25, -0.2) is 4.98 Å². The Morgan fingerprint density at radius 1 is 1.18 bits per heavy atom. The maximum atomic E-state index is 13.9. The van der Waals surface area contributed by atoms with Gasteiger partial charge in [0.1, 0.15) is 4.83 Å². The van der Waals surface area contributed by atoms with E-state index in [-0.39, 0.29) is 11.5 Å². The van der Waals surface area contributed by atoms with Crippen molar-refractivity contribution in [2.45, 2.75) is 76.4 Å². The number of piperidine rings is 1. The Balaban J connectivity index is 1.56. The number of amides is 1. The third kappa shape index (κ3) is 4.26. The van der Waals surface area contributed by atoms with Crippen molar-refractivity contribution >= 4 is 39.2 Å². The zero-order valence-corrected chi connectivity index (χ0v) is 21.1. The SMILES string of the molecule is CC[C@H]1CCCCN1C(=O)CSc1nc2sc3c(c2c(=O)n1-c1ccccc1C)CCCC3. The fourth-order valence-electron chi connectivity index (χ4n) is 5.27. The molecule has 0 spiro atoms. The molecule has 1 atom stereocenters. The van der Waals surface area contributed by atoms with E-state index in [0.717, 1.165) is 66.5 Å². The minimum Gasteiger partial charge on any atom is -0.339 e. The zero-order chi connectivity index (χ0) is 22.9. The van der Waals surface area contributed by atoms with Gasteiger partial charge in [-0.2, -0.15) is 0 Å². The molecule has 5 rings (SSSR count). The predicted octanol–water partition coefficient (Wildman–Crippen LogP) is 5.52. The average Bonchev–Trinajstić information content (AvgIpc) is 3.22. The highest BCUT2D eigenvalue weighted by Gasteiger charge is 2.27. The first-order valence-corrected chi connectivity index (χ1v) is 13.9. The Morgan fingerprint density at radius 2 is 2.00 bits per heavy atom. The van der Waals surface area contributed by atoms with E-state index in [2.05, 4.69) is 11.8 Å². The summed E-state index contributed by atoms with van der Waals surface area (Å²) in [5, 5.41) is 1.41. The number of para-hydroxylation sites is 1. The number of nitrogens with zero attached hydrogens (tertiary/aromatic N) is 3. The second-order valence-electron chi connectivity index (χ2n) is 9.15. The van der Waals surface area contributed by atoms with Crippen molar-refractivity contribution in [3.63, 3.8) is 0 Å². The Bertz CT molecular complexity index is 1250. The third-order valence-corrected chi connectivity index (χ3v) is 9.17. The molecule has 2 aromatic heterocycles. The highest BCUT2D eigenvalue weighted by Crippen LogP contribution is 2.35. The summed E-state index contributed by atoms with van der Waals surface area (Å²) >= 11 is 3.08. The largest absolute Gasteiger partial charge is 0.339 e. The molecule has 0 bridgehead atoms. The molecule has 0 N–H and O–H groups in total. The maximum Gasteiger partial charge on any atom is 0.267 e. The number of hydrogen-bond acceptors (Lipinski definition) is 5. The van der Waals surface area contributed by atoms with Crippen LogP contribution in [0.15, 0.2) is 34.2 Å². The van der Waals surface area contributed by atoms with Gasteiger partial charge in [0.05, 0.1) is 16.8 Å². The summed E-state index contributed by atoms with van der Waals surface area (Å²) < 4.78 is 1.75. The topological polar surface area (TPSA) is 55.2 Å². The summed E-state index contributed by atoms with van der Waals surface area (Å²) in [6.07, 6.45) is 8.65. The number of carbonyl (C=O) groups is 1. The number of hydrogen-bond donors (Lipinski definition) is 0. The van der Waals surface area contributed by atoms with Crippen LogP contribution >= 0.6 is 23.1 Å². The third-order valence-electron chi connectivity index (χ3n) is 7.06. The van der Waals surface area contributed by atoms with Gasteiger partial charge < -0.3 is 4.90 Å². The van der Waals surface area contributed by atoms with E-state index < -0.39 is 0 Å². The van der Waals surface area contributed by atoms with Crippen LogP contribution in [0.2, 0.25) is 0 Å². The standard InChI is InChI=1S/C26H31N3O2S2/c1-3-18-11-8-9-15-28(18)22(30)16-32-26-27-24-23(19-12-5-7-14-21(19)33-24)25(31)29(26)20-13-6-4-10-17(20)2/h4,6,10,13,18H,3,5,7-9,11-12,14-16H2,1-2H3/t18-/m0/s1. The van der Waals surface area contributed by atoms with Crippen LogP contribution < -0.4 is 5.56 Å². The summed E-state index contributed by atoms with van der Waals surface area (Å²) in [4.78, 5) is 36.2. The Labute approximate surface area is 203 Å². The summed E-state index contributed by atoms with van der Waals surface area (Å²) in [7, 11) is 0. The molecule has 3 aromatic rings. The lowest BCUT2D eigenvalue weighted by Gasteiger charge is -2.35. The highest BCUT2D eigenvalue weighted by molar-refractivity contribution is 7.99. The fraction of sp³-hybridized carbons (Fsp3) is 0.500. The van der Waals surface area contributed by atoms with Crippen LogP contribution in [-0.2, 0) is 17.6 Å². The van der Waals surface area contributed by atoms with Crippen molar-refractivity contribution in [2.24, 2.45) is 0 Å². The first-order chi connectivity index (χ1) is 16.1. The number of likely N-dealkylation sites (tertiary alicyclic amines) is 1. The molecule has 2 aliphatic rings.